The number of hydrogen-bond acceptors (Lipinski definition) is 2. The minimum atomic E-state index is -1.03. The lowest BCUT2D eigenvalue weighted by Gasteiger charge is -2.65. The molecule has 94 valence electrons. The second kappa shape index (κ2) is 3.12. The van der Waals surface area contributed by atoms with Gasteiger partial charge in [0.2, 0.25) is 0 Å². The van der Waals surface area contributed by atoms with Crippen LogP contribution in [-0.2, 0) is 0 Å². The zero-order valence-corrected chi connectivity index (χ0v) is 11.7. The van der Waals surface area contributed by atoms with Crippen LogP contribution >= 0.6 is 11.6 Å². The normalized spacial score (nSPS) is 47.0. The van der Waals surface area contributed by atoms with E-state index in [-0.39, 0.29) is 17.3 Å². The summed E-state index contributed by atoms with van der Waals surface area (Å²) in [5.74, 6) is 1.27. The summed E-state index contributed by atoms with van der Waals surface area (Å²) in [5, 5.41) is 19.3. The molecule has 18 heavy (non-hydrogen) atoms. The molecule has 0 aromatic rings. The van der Waals surface area contributed by atoms with Crippen LogP contribution < -0.4 is 0 Å². The van der Waals surface area contributed by atoms with E-state index in [0.29, 0.717) is 11.8 Å². The largest absolute Gasteiger partial charge is 0.196 e. The molecule has 0 N–H and O–H groups in total. The highest BCUT2D eigenvalue weighted by Crippen LogP contribution is 2.77. The first-order valence-corrected chi connectivity index (χ1v) is 6.91. The van der Waals surface area contributed by atoms with Crippen molar-refractivity contribution in [1.82, 2.24) is 0 Å². The van der Waals surface area contributed by atoms with Crippen molar-refractivity contribution in [2.45, 2.75) is 32.1 Å². The molecule has 0 radical (unpaired) electrons. The average Bonchev–Trinajstić information content (AvgIpc) is 2.86. The van der Waals surface area contributed by atoms with Gasteiger partial charge in [0.05, 0.1) is 17.0 Å². The SMILES string of the molecule is CC(C)(C)[C@]1(Cl)C2C3C=CC(C3)C2C1(C#N)C#N. The Morgan fingerprint density at radius 1 is 1.11 bits per heavy atom. The van der Waals surface area contributed by atoms with Gasteiger partial charge in [-0.2, -0.15) is 10.5 Å². The van der Waals surface area contributed by atoms with Gasteiger partial charge >= 0.3 is 0 Å². The quantitative estimate of drug-likeness (QED) is 0.494. The van der Waals surface area contributed by atoms with E-state index in [1.165, 1.54) is 0 Å². The third-order valence-corrected chi connectivity index (χ3v) is 6.55. The van der Waals surface area contributed by atoms with E-state index in [0.717, 1.165) is 6.42 Å². The van der Waals surface area contributed by atoms with Gasteiger partial charge in [0, 0.05) is 5.92 Å². The van der Waals surface area contributed by atoms with Gasteiger partial charge in [0.1, 0.15) is 0 Å². The number of fused-ring (bicyclic) bond motifs is 5. The van der Waals surface area contributed by atoms with Crippen LogP contribution in [0.1, 0.15) is 27.2 Å². The zero-order chi connectivity index (χ0) is 13.3. The highest BCUT2D eigenvalue weighted by Gasteiger charge is 2.81. The monoisotopic (exact) mass is 260 g/mol. The Morgan fingerprint density at radius 3 is 2.06 bits per heavy atom. The molecule has 0 aliphatic heterocycles. The average molecular weight is 261 g/mol. The van der Waals surface area contributed by atoms with Crippen molar-refractivity contribution < 1.29 is 0 Å². The molecule has 2 nitrogen and oxygen atoms in total. The maximum atomic E-state index is 9.63. The highest BCUT2D eigenvalue weighted by molar-refractivity contribution is 6.27. The molecule has 3 aliphatic rings. The van der Waals surface area contributed by atoms with E-state index in [1.54, 1.807) is 0 Å². The second-order valence-corrected chi connectivity index (χ2v) is 7.59. The van der Waals surface area contributed by atoms with Gasteiger partial charge in [-0.15, -0.1) is 11.6 Å². The summed E-state index contributed by atoms with van der Waals surface area (Å²) < 4.78 is 0. The number of nitriles is 2. The molecular formula is C15H17ClN2. The first-order chi connectivity index (χ1) is 8.33. The molecular weight excluding hydrogens is 244 g/mol. The Hall–Kier alpha value is -0.990. The fourth-order valence-electron chi connectivity index (χ4n) is 4.79. The topological polar surface area (TPSA) is 47.6 Å². The molecule has 3 heteroatoms. The number of rotatable bonds is 0. The molecule has 0 spiro atoms. The summed E-state index contributed by atoms with van der Waals surface area (Å²) in [4.78, 5) is -0.724. The minimum Gasteiger partial charge on any atom is -0.196 e. The van der Waals surface area contributed by atoms with Gasteiger partial charge in [0.15, 0.2) is 5.41 Å². The molecule has 0 aromatic heterocycles. The summed E-state index contributed by atoms with van der Waals surface area (Å²) in [6.07, 6.45) is 5.51. The molecule has 2 fully saturated rings. The van der Waals surface area contributed by atoms with Crippen molar-refractivity contribution in [3.63, 3.8) is 0 Å². The van der Waals surface area contributed by atoms with Crippen molar-refractivity contribution in [1.29, 1.82) is 10.5 Å². The van der Waals surface area contributed by atoms with Gasteiger partial charge in [-0.1, -0.05) is 32.9 Å². The smallest absolute Gasteiger partial charge is 0.167 e. The summed E-state index contributed by atoms with van der Waals surface area (Å²) >= 11 is 6.92. The molecule has 3 aliphatic carbocycles. The number of hydrogen-bond donors (Lipinski definition) is 0. The van der Waals surface area contributed by atoms with Crippen LogP contribution in [0, 0.1) is 57.2 Å². The van der Waals surface area contributed by atoms with E-state index in [4.69, 9.17) is 11.6 Å². The van der Waals surface area contributed by atoms with Crippen molar-refractivity contribution >= 4 is 11.6 Å². The van der Waals surface area contributed by atoms with E-state index in [2.05, 4.69) is 45.1 Å². The molecule has 0 saturated heterocycles. The van der Waals surface area contributed by atoms with Gasteiger partial charge < -0.3 is 0 Å². The minimum absolute atomic E-state index is 0.138. The molecule has 0 aromatic carbocycles. The van der Waals surface area contributed by atoms with Crippen molar-refractivity contribution in [2.24, 2.45) is 34.5 Å². The fraction of sp³-hybridized carbons (Fsp3) is 0.733. The predicted octanol–water partition coefficient (Wildman–Crippen LogP) is 3.50. The van der Waals surface area contributed by atoms with Crippen LogP contribution in [0.3, 0.4) is 0 Å². The maximum absolute atomic E-state index is 9.63. The van der Waals surface area contributed by atoms with Gasteiger partial charge in [-0.3, -0.25) is 0 Å². The van der Waals surface area contributed by atoms with E-state index >= 15 is 0 Å². The zero-order valence-electron chi connectivity index (χ0n) is 10.9. The van der Waals surface area contributed by atoms with E-state index < -0.39 is 10.3 Å². The summed E-state index contributed by atoms with van der Waals surface area (Å²) in [6.45, 7) is 6.15. The number of alkyl halides is 1. The molecule has 2 bridgehead atoms. The molecule has 2 saturated carbocycles. The Bertz CT molecular complexity index is 502. The van der Waals surface area contributed by atoms with Crippen molar-refractivity contribution in [3.8, 4) is 12.1 Å². The third kappa shape index (κ3) is 0.939. The van der Waals surface area contributed by atoms with Gasteiger partial charge in [0.25, 0.3) is 0 Å². The number of nitrogens with zero attached hydrogens (tertiary/aromatic N) is 2. The van der Waals surface area contributed by atoms with Crippen LogP contribution in [0.5, 0.6) is 0 Å². The maximum Gasteiger partial charge on any atom is 0.167 e. The Balaban J connectivity index is 2.18. The third-order valence-electron chi connectivity index (χ3n) is 5.44. The lowest BCUT2D eigenvalue weighted by atomic mass is 9.39. The van der Waals surface area contributed by atoms with Gasteiger partial charge in [-0.05, 0) is 29.6 Å². The van der Waals surface area contributed by atoms with E-state index in [1.807, 2.05) is 0 Å². The van der Waals surface area contributed by atoms with Crippen LogP contribution in [0.25, 0.3) is 0 Å². The van der Waals surface area contributed by atoms with Gasteiger partial charge in [-0.25, -0.2) is 0 Å². The standard InChI is InChI=1S/C15H17ClN2/c1-13(2,3)15(16)12-10-5-4-9(6-10)11(12)14(15,7-17)8-18/h4-5,9-12H,6H2,1-3H3/t9?,10?,11?,12?,15-/m1/s1. The second-order valence-electron chi connectivity index (χ2n) is 6.99. The molecule has 3 rings (SSSR count). The number of halogens is 1. The molecule has 0 heterocycles. The molecule has 5 atom stereocenters. The Kier molecular flexibility index (Phi) is 2.09. The van der Waals surface area contributed by atoms with Crippen LogP contribution in [-0.4, -0.2) is 4.87 Å². The highest BCUT2D eigenvalue weighted by atomic mass is 35.5. The Labute approximate surface area is 113 Å². The first-order valence-electron chi connectivity index (χ1n) is 6.53. The van der Waals surface area contributed by atoms with Crippen molar-refractivity contribution in [3.05, 3.63) is 12.2 Å². The summed E-state index contributed by atoms with van der Waals surface area (Å²) in [7, 11) is 0. The first kappa shape index (κ1) is 12.1. The predicted molar refractivity (Wildman–Crippen MR) is 69.4 cm³/mol. The van der Waals surface area contributed by atoms with E-state index in [9.17, 15) is 10.5 Å². The number of allylic oxidation sites excluding steroid dienone is 2. The van der Waals surface area contributed by atoms with Crippen LogP contribution in [0.15, 0.2) is 12.2 Å². The summed E-state index contributed by atoms with van der Waals surface area (Å²) in [5.41, 5.74) is -1.28. The van der Waals surface area contributed by atoms with Crippen LogP contribution in [0.2, 0.25) is 0 Å². The summed E-state index contributed by atoms with van der Waals surface area (Å²) in [6, 6.07) is 4.58. The lowest BCUT2D eigenvalue weighted by molar-refractivity contribution is -0.0815. The van der Waals surface area contributed by atoms with Crippen LogP contribution in [0.4, 0.5) is 0 Å². The van der Waals surface area contributed by atoms with Crippen molar-refractivity contribution in [2.75, 3.05) is 0 Å². The lowest BCUT2D eigenvalue weighted by Crippen LogP contribution is -2.72. The molecule has 0 amide bonds. The molecule has 4 unspecified atom stereocenters. The Morgan fingerprint density at radius 2 is 1.61 bits per heavy atom. The fourth-order valence-corrected chi connectivity index (χ4v) is 5.30.